The molecule has 0 bridgehead atoms. The molecule has 0 saturated carbocycles. The quantitative estimate of drug-likeness (QED) is 0.762. The summed E-state index contributed by atoms with van der Waals surface area (Å²) < 4.78 is 10.3. The first-order valence-corrected chi connectivity index (χ1v) is 4.18. The van der Waals surface area contributed by atoms with E-state index < -0.39 is 0 Å². The second kappa shape index (κ2) is 4.84. The highest BCUT2D eigenvalue weighted by Gasteiger charge is 2.07. The van der Waals surface area contributed by atoms with E-state index in [9.17, 15) is 0 Å². The molecule has 3 heteroatoms. The summed E-state index contributed by atoms with van der Waals surface area (Å²) in [7, 11) is 3.29. The van der Waals surface area contributed by atoms with E-state index in [1.54, 1.807) is 14.2 Å². The van der Waals surface area contributed by atoms with Crippen LogP contribution in [0.5, 0.6) is 5.75 Å². The topological polar surface area (TPSA) is 44.5 Å². The van der Waals surface area contributed by atoms with E-state index in [4.69, 9.17) is 15.2 Å². The number of hydrogen-bond donors (Lipinski definition) is 1. The van der Waals surface area contributed by atoms with Gasteiger partial charge >= 0.3 is 0 Å². The molecular weight excluding hydrogens is 166 g/mol. The molecule has 13 heavy (non-hydrogen) atoms. The molecule has 0 aromatic heterocycles. The Bertz CT molecular complexity index is 259. The maximum Gasteiger partial charge on any atom is 0.119 e. The van der Waals surface area contributed by atoms with Gasteiger partial charge < -0.3 is 15.2 Å². The Morgan fingerprint density at radius 2 is 2.15 bits per heavy atom. The maximum absolute atomic E-state index is 5.54. The van der Waals surface area contributed by atoms with E-state index in [0.29, 0.717) is 6.54 Å². The zero-order valence-electron chi connectivity index (χ0n) is 7.99. The van der Waals surface area contributed by atoms with Crippen LogP contribution in [-0.2, 0) is 4.74 Å². The van der Waals surface area contributed by atoms with E-state index >= 15 is 0 Å². The van der Waals surface area contributed by atoms with Gasteiger partial charge in [-0.15, -0.1) is 0 Å². The lowest BCUT2D eigenvalue weighted by molar-refractivity contribution is 0.110. The minimum Gasteiger partial charge on any atom is -0.497 e. The van der Waals surface area contributed by atoms with Crippen molar-refractivity contribution < 1.29 is 9.47 Å². The van der Waals surface area contributed by atoms with E-state index in [1.807, 2.05) is 24.3 Å². The molecule has 0 aliphatic rings. The summed E-state index contributed by atoms with van der Waals surface area (Å²) in [5.74, 6) is 0.827. The van der Waals surface area contributed by atoms with Gasteiger partial charge in [-0.2, -0.15) is 0 Å². The van der Waals surface area contributed by atoms with Crippen molar-refractivity contribution in [1.29, 1.82) is 0 Å². The van der Waals surface area contributed by atoms with Crippen LogP contribution >= 0.6 is 0 Å². The van der Waals surface area contributed by atoms with Crippen molar-refractivity contribution in [2.45, 2.75) is 6.10 Å². The van der Waals surface area contributed by atoms with Gasteiger partial charge in [0.05, 0.1) is 13.2 Å². The molecule has 0 heterocycles. The average Bonchev–Trinajstić information content (AvgIpc) is 2.20. The fourth-order valence-corrected chi connectivity index (χ4v) is 1.21. The van der Waals surface area contributed by atoms with Gasteiger partial charge in [-0.25, -0.2) is 0 Å². The summed E-state index contributed by atoms with van der Waals surface area (Å²) in [5.41, 5.74) is 6.59. The Morgan fingerprint density at radius 1 is 1.38 bits per heavy atom. The third kappa shape index (κ3) is 2.44. The molecule has 3 nitrogen and oxygen atoms in total. The minimum atomic E-state index is -0.0462. The van der Waals surface area contributed by atoms with E-state index in [-0.39, 0.29) is 6.10 Å². The monoisotopic (exact) mass is 181 g/mol. The van der Waals surface area contributed by atoms with Crippen LogP contribution in [0.15, 0.2) is 24.3 Å². The molecule has 0 unspecified atom stereocenters. The van der Waals surface area contributed by atoms with Crippen molar-refractivity contribution in [1.82, 2.24) is 0 Å². The van der Waals surface area contributed by atoms with Crippen LogP contribution in [0, 0.1) is 0 Å². The number of methoxy groups -OCH3 is 2. The van der Waals surface area contributed by atoms with Crippen LogP contribution in [0.2, 0.25) is 0 Å². The van der Waals surface area contributed by atoms with Crippen LogP contribution in [0.4, 0.5) is 0 Å². The zero-order valence-corrected chi connectivity index (χ0v) is 7.99. The minimum absolute atomic E-state index is 0.0462. The van der Waals surface area contributed by atoms with Crippen molar-refractivity contribution in [3.63, 3.8) is 0 Å². The molecule has 0 amide bonds. The van der Waals surface area contributed by atoms with Crippen molar-refractivity contribution in [3.05, 3.63) is 29.8 Å². The molecule has 72 valence electrons. The smallest absolute Gasteiger partial charge is 0.119 e. The molecular formula is C10H15NO2. The summed E-state index contributed by atoms with van der Waals surface area (Å²) in [5, 5.41) is 0. The number of hydrogen-bond acceptors (Lipinski definition) is 3. The Hall–Kier alpha value is -1.06. The first-order valence-electron chi connectivity index (χ1n) is 4.18. The van der Waals surface area contributed by atoms with Gasteiger partial charge in [0.2, 0.25) is 0 Å². The van der Waals surface area contributed by atoms with Gasteiger partial charge in [0.1, 0.15) is 5.75 Å². The second-order valence-corrected chi connectivity index (χ2v) is 2.74. The van der Waals surface area contributed by atoms with Crippen LogP contribution in [0.25, 0.3) is 0 Å². The number of benzene rings is 1. The van der Waals surface area contributed by atoms with Gasteiger partial charge in [-0.05, 0) is 17.7 Å². The third-order valence-corrected chi connectivity index (χ3v) is 1.96. The predicted molar refractivity (Wildman–Crippen MR) is 51.8 cm³/mol. The van der Waals surface area contributed by atoms with Gasteiger partial charge in [-0.3, -0.25) is 0 Å². The SMILES string of the molecule is COc1cccc([C@@H](CN)OC)c1. The Balaban J connectivity index is 2.86. The molecule has 0 aliphatic heterocycles. The lowest BCUT2D eigenvalue weighted by atomic mass is 10.1. The van der Waals surface area contributed by atoms with Gasteiger partial charge in [0, 0.05) is 13.7 Å². The first kappa shape index (κ1) is 10.0. The third-order valence-electron chi connectivity index (χ3n) is 1.96. The molecule has 1 rings (SSSR count). The molecule has 0 spiro atoms. The first-order chi connectivity index (χ1) is 6.31. The number of rotatable bonds is 4. The number of ether oxygens (including phenoxy) is 2. The highest BCUT2D eigenvalue weighted by Crippen LogP contribution is 2.20. The molecule has 2 N–H and O–H groups in total. The summed E-state index contributed by atoms with van der Waals surface area (Å²) >= 11 is 0. The van der Waals surface area contributed by atoms with Gasteiger partial charge in [0.25, 0.3) is 0 Å². The Kier molecular flexibility index (Phi) is 3.73. The Labute approximate surface area is 78.5 Å². The molecule has 0 aliphatic carbocycles. The Morgan fingerprint density at radius 3 is 2.69 bits per heavy atom. The predicted octanol–water partition coefficient (Wildman–Crippen LogP) is 1.34. The van der Waals surface area contributed by atoms with Crippen LogP contribution < -0.4 is 10.5 Å². The van der Waals surface area contributed by atoms with Crippen molar-refractivity contribution in [3.8, 4) is 5.75 Å². The standard InChI is InChI=1S/C10H15NO2/c1-12-9-5-3-4-8(6-9)10(7-11)13-2/h3-6,10H,7,11H2,1-2H3/t10-/m1/s1. The summed E-state index contributed by atoms with van der Waals surface area (Å²) in [4.78, 5) is 0. The van der Waals surface area contributed by atoms with E-state index in [0.717, 1.165) is 11.3 Å². The van der Waals surface area contributed by atoms with Crippen molar-refractivity contribution >= 4 is 0 Å². The lowest BCUT2D eigenvalue weighted by Crippen LogP contribution is -2.14. The summed E-state index contributed by atoms with van der Waals surface area (Å²) in [6, 6.07) is 7.73. The highest BCUT2D eigenvalue weighted by atomic mass is 16.5. The lowest BCUT2D eigenvalue weighted by Gasteiger charge is -2.13. The molecule has 0 fully saturated rings. The van der Waals surface area contributed by atoms with Crippen molar-refractivity contribution in [2.75, 3.05) is 20.8 Å². The van der Waals surface area contributed by atoms with E-state index in [1.165, 1.54) is 0 Å². The zero-order chi connectivity index (χ0) is 9.68. The largest absolute Gasteiger partial charge is 0.497 e. The fraction of sp³-hybridized carbons (Fsp3) is 0.400. The van der Waals surface area contributed by atoms with Crippen molar-refractivity contribution in [2.24, 2.45) is 5.73 Å². The van der Waals surface area contributed by atoms with Crippen LogP contribution in [-0.4, -0.2) is 20.8 Å². The van der Waals surface area contributed by atoms with Gasteiger partial charge in [0.15, 0.2) is 0 Å². The van der Waals surface area contributed by atoms with Crippen LogP contribution in [0.3, 0.4) is 0 Å². The van der Waals surface area contributed by atoms with Crippen LogP contribution in [0.1, 0.15) is 11.7 Å². The number of nitrogens with two attached hydrogens (primary N) is 1. The van der Waals surface area contributed by atoms with Gasteiger partial charge in [-0.1, -0.05) is 12.1 Å². The normalized spacial score (nSPS) is 12.5. The molecule has 1 aromatic carbocycles. The molecule has 1 aromatic rings. The molecule has 0 saturated heterocycles. The summed E-state index contributed by atoms with van der Waals surface area (Å²) in [6.45, 7) is 0.476. The maximum atomic E-state index is 5.54. The average molecular weight is 181 g/mol. The fourth-order valence-electron chi connectivity index (χ4n) is 1.21. The second-order valence-electron chi connectivity index (χ2n) is 2.74. The summed E-state index contributed by atoms with van der Waals surface area (Å²) in [6.07, 6.45) is -0.0462. The molecule has 0 radical (unpaired) electrons. The highest BCUT2D eigenvalue weighted by molar-refractivity contribution is 5.30. The van der Waals surface area contributed by atoms with E-state index in [2.05, 4.69) is 0 Å². The molecule has 1 atom stereocenters.